The highest BCUT2D eigenvalue weighted by atomic mass is 16.5. The molecule has 1 aliphatic heterocycles. The Bertz CT molecular complexity index is 192. The first-order valence-electron chi connectivity index (χ1n) is 6.23. The Morgan fingerprint density at radius 3 is 2.73 bits per heavy atom. The molecule has 3 nitrogen and oxygen atoms in total. The van der Waals surface area contributed by atoms with E-state index in [2.05, 4.69) is 11.9 Å². The highest BCUT2D eigenvalue weighted by Gasteiger charge is 2.28. The number of likely N-dealkylation sites (N-methyl/N-ethyl adjacent to an activating group) is 1. The van der Waals surface area contributed by atoms with Gasteiger partial charge in [0.1, 0.15) is 0 Å². The smallest absolute Gasteiger partial charge is 0.0695 e. The molecule has 2 rings (SSSR count). The molecule has 3 atom stereocenters. The molecule has 0 spiro atoms. The Labute approximate surface area is 92.4 Å². The van der Waals surface area contributed by atoms with Crippen molar-refractivity contribution in [2.24, 2.45) is 5.92 Å². The number of aliphatic hydroxyl groups excluding tert-OH is 1. The zero-order valence-corrected chi connectivity index (χ0v) is 9.69. The molecular formula is C12H23NO2. The Hall–Kier alpha value is -0.120. The number of nitrogens with zero attached hydrogens (tertiary/aromatic N) is 1. The van der Waals surface area contributed by atoms with Crippen molar-refractivity contribution < 1.29 is 9.84 Å². The highest BCUT2D eigenvalue weighted by Crippen LogP contribution is 2.24. The molecule has 88 valence electrons. The van der Waals surface area contributed by atoms with E-state index in [1.54, 1.807) is 0 Å². The number of aliphatic hydroxyl groups is 1. The molecule has 2 aliphatic rings. The summed E-state index contributed by atoms with van der Waals surface area (Å²) in [5.74, 6) is 0.684. The molecular weight excluding hydrogens is 190 g/mol. The summed E-state index contributed by atoms with van der Waals surface area (Å²) in [4.78, 5) is 2.35. The topological polar surface area (TPSA) is 32.7 Å². The molecule has 0 aromatic heterocycles. The Balaban J connectivity index is 1.80. The van der Waals surface area contributed by atoms with Crippen LogP contribution in [-0.2, 0) is 4.74 Å². The molecule has 15 heavy (non-hydrogen) atoms. The van der Waals surface area contributed by atoms with Gasteiger partial charge in [0.15, 0.2) is 0 Å². The van der Waals surface area contributed by atoms with Crippen molar-refractivity contribution in [3.63, 3.8) is 0 Å². The van der Waals surface area contributed by atoms with Gasteiger partial charge in [0.2, 0.25) is 0 Å². The van der Waals surface area contributed by atoms with Crippen LogP contribution < -0.4 is 0 Å². The molecule has 1 heterocycles. The van der Waals surface area contributed by atoms with Gasteiger partial charge in [-0.15, -0.1) is 0 Å². The van der Waals surface area contributed by atoms with Crippen LogP contribution in [0.15, 0.2) is 0 Å². The highest BCUT2D eigenvalue weighted by molar-refractivity contribution is 4.83. The summed E-state index contributed by atoms with van der Waals surface area (Å²) in [6, 6.07) is 0.388. The summed E-state index contributed by atoms with van der Waals surface area (Å²) in [5, 5.41) is 9.94. The predicted octanol–water partition coefficient (Wildman–Crippen LogP) is 1.26. The first kappa shape index (κ1) is 11.4. The molecule has 1 saturated carbocycles. The molecule has 1 saturated heterocycles. The maximum absolute atomic E-state index is 9.94. The van der Waals surface area contributed by atoms with Crippen LogP contribution in [0, 0.1) is 5.92 Å². The lowest BCUT2D eigenvalue weighted by Crippen LogP contribution is -2.45. The van der Waals surface area contributed by atoms with Crippen LogP contribution in [0.5, 0.6) is 0 Å². The van der Waals surface area contributed by atoms with Crippen LogP contribution in [0.4, 0.5) is 0 Å². The minimum absolute atomic E-state index is 0.105. The quantitative estimate of drug-likeness (QED) is 0.766. The summed E-state index contributed by atoms with van der Waals surface area (Å²) >= 11 is 0. The molecule has 3 unspecified atom stereocenters. The van der Waals surface area contributed by atoms with Gasteiger partial charge in [-0.05, 0) is 32.2 Å². The van der Waals surface area contributed by atoms with E-state index in [1.165, 1.54) is 19.3 Å². The molecule has 2 fully saturated rings. The second-order valence-corrected chi connectivity index (χ2v) is 5.09. The van der Waals surface area contributed by atoms with Gasteiger partial charge in [-0.2, -0.15) is 0 Å². The predicted molar refractivity (Wildman–Crippen MR) is 59.8 cm³/mol. The van der Waals surface area contributed by atoms with Gasteiger partial charge in [0.05, 0.1) is 12.7 Å². The minimum atomic E-state index is -0.105. The maximum Gasteiger partial charge on any atom is 0.0695 e. The third kappa shape index (κ3) is 2.92. The fourth-order valence-corrected chi connectivity index (χ4v) is 2.88. The van der Waals surface area contributed by atoms with Crippen LogP contribution in [0.25, 0.3) is 0 Å². The molecule has 0 bridgehead atoms. The fraction of sp³-hybridized carbons (Fsp3) is 1.00. The molecule has 0 radical (unpaired) electrons. The third-order valence-electron chi connectivity index (χ3n) is 3.83. The zero-order chi connectivity index (χ0) is 10.7. The van der Waals surface area contributed by atoms with Crippen LogP contribution in [0.1, 0.15) is 32.1 Å². The van der Waals surface area contributed by atoms with E-state index in [4.69, 9.17) is 4.74 Å². The molecule has 3 heteroatoms. The SMILES string of the molecule is CN(CC1CCOC1)C1CCCCC1O. The molecule has 0 aromatic rings. The number of hydrogen-bond donors (Lipinski definition) is 1. The first-order valence-corrected chi connectivity index (χ1v) is 6.23. The van der Waals surface area contributed by atoms with Crippen molar-refractivity contribution >= 4 is 0 Å². The van der Waals surface area contributed by atoms with Gasteiger partial charge < -0.3 is 14.7 Å². The van der Waals surface area contributed by atoms with E-state index in [0.29, 0.717) is 12.0 Å². The van der Waals surface area contributed by atoms with Crippen molar-refractivity contribution in [2.45, 2.75) is 44.2 Å². The lowest BCUT2D eigenvalue weighted by atomic mass is 9.91. The summed E-state index contributed by atoms with van der Waals surface area (Å²) in [6.45, 7) is 2.92. The second kappa shape index (κ2) is 5.28. The monoisotopic (exact) mass is 213 g/mol. The average molecular weight is 213 g/mol. The Morgan fingerprint density at radius 1 is 1.27 bits per heavy atom. The van der Waals surface area contributed by atoms with Gasteiger partial charge in [-0.3, -0.25) is 0 Å². The molecule has 0 amide bonds. The van der Waals surface area contributed by atoms with Crippen molar-refractivity contribution in [1.82, 2.24) is 4.90 Å². The summed E-state index contributed by atoms with van der Waals surface area (Å²) in [7, 11) is 2.15. The van der Waals surface area contributed by atoms with E-state index in [0.717, 1.165) is 32.6 Å². The average Bonchev–Trinajstić information content (AvgIpc) is 2.71. The standard InChI is InChI=1S/C12H23NO2/c1-13(8-10-6-7-15-9-10)11-4-2-3-5-12(11)14/h10-12,14H,2-9H2,1H3. The zero-order valence-electron chi connectivity index (χ0n) is 9.69. The van der Waals surface area contributed by atoms with Crippen LogP contribution >= 0.6 is 0 Å². The van der Waals surface area contributed by atoms with Gasteiger partial charge in [0, 0.05) is 19.2 Å². The number of ether oxygens (including phenoxy) is 1. The van der Waals surface area contributed by atoms with E-state index in [-0.39, 0.29) is 6.10 Å². The van der Waals surface area contributed by atoms with Crippen molar-refractivity contribution in [3.05, 3.63) is 0 Å². The van der Waals surface area contributed by atoms with Crippen LogP contribution in [-0.4, -0.2) is 49.0 Å². The van der Waals surface area contributed by atoms with Gasteiger partial charge in [0.25, 0.3) is 0 Å². The molecule has 1 aliphatic carbocycles. The summed E-state index contributed by atoms with van der Waals surface area (Å²) < 4.78 is 5.38. The van der Waals surface area contributed by atoms with Gasteiger partial charge >= 0.3 is 0 Å². The van der Waals surface area contributed by atoms with Crippen molar-refractivity contribution in [1.29, 1.82) is 0 Å². The van der Waals surface area contributed by atoms with E-state index in [1.807, 2.05) is 0 Å². The minimum Gasteiger partial charge on any atom is -0.391 e. The Morgan fingerprint density at radius 2 is 2.07 bits per heavy atom. The van der Waals surface area contributed by atoms with Gasteiger partial charge in [-0.25, -0.2) is 0 Å². The molecule has 1 N–H and O–H groups in total. The van der Waals surface area contributed by atoms with Crippen molar-refractivity contribution in [2.75, 3.05) is 26.8 Å². The largest absolute Gasteiger partial charge is 0.391 e. The second-order valence-electron chi connectivity index (χ2n) is 5.09. The normalized spacial score (nSPS) is 37.4. The van der Waals surface area contributed by atoms with E-state index >= 15 is 0 Å². The third-order valence-corrected chi connectivity index (χ3v) is 3.83. The number of hydrogen-bond acceptors (Lipinski definition) is 3. The number of rotatable bonds is 3. The Kier molecular flexibility index (Phi) is 4.00. The maximum atomic E-state index is 9.94. The lowest BCUT2D eigenvalue weighted by molar-refractivity contribution is 0.0248. The van der Waals surface area contributed by atoms with Crippen LogP contribution in [0.3, 0.4) is 0 Å². The lowest BCUT2D eigenvalue weighted by Gasteiger charge is -2.36. The fourth-order valence-electron chi connectivity index (χ4n) is 2.88. The molecule has 0 aromatic carbocycles. The van der Waals surface area contributed by atoms with E-state index in [9.17, 15) is 5.11 Å². The van der Waals surface area contributed by atoms with Gasteiger partial charge in [-0.1, -0.05) is 12.8 Å². The summed E-state index contributed by atoms with van der Waals surface area (Å²) in [5.41, 5.74) is 0. The van der Waals surface area contributed by atoms with Crippen molar-refractivity contribution in [3.8, 4) is 0 Å². The first-order chi connectivity index (χ1) is 7.27. The summed E-state index contributed by atoms with van der Waals surface area (Å²) in [6.07, 6.45) is 5.69. The van der Waals surface area contributed by atoms with Crippen LogP contribution in [0.2, 0.25) is 0 Å². The van der Waals surface area contributed by atoms with E-state index < -0.39 is 0 Å².